The molecule has 0 amide bonds. The summed E-state index contributed by atoms with van der Waals surface area (Å²) in [6.45, 7) is 2.57. The number of benzene rings is 1. The van der Waals surface area contributed by atoms with Crippen molar-refractivity contribution in [3.8, 4) is 0 Å². The van der Waals surface area contributed by atoms with Crippen LogP contribution >= 0.6 is 0 Å². The number of nitrogens with zero attached hydrogens (tertiary/aromatic N) is 2. The molecule has 0 spiro atoms. The predicted octanol–water partition coefficient (Wildman–Crippen LogP) is 5.03. The SMILES string of the molecule is CN1C[C@H](CN(C)C23CC4CC(CC(C4)C2)C3)C[C@@H]2c3cccc4[nH]cc(c34)C[C@H]21. The Labute approximate surface area is 181 Å². The van der Waals surface area contributed by atoms with Gasteiger partial charge in [-0.25, -0.2) is 0 Å². The number of aromatic amines is 1. The van der Waals surface area contributed by atoms with Crippen molar-refractivity contribution in [2.45, 2.75) is 68.9 Å². The smallest absolute Gasteiger partial charge is 0.0459 e. The fraction of sp³-hybridized carbons (Fsp3) is 0.704. The molecule has 6 aliphatic rings. The zero-order valence-electron chi connectivity index (χ0n) is 18.7. The van der Waals surface area contributed by atoms with Crippen LogP contribution in [0, 0.1) is 23.7 Å². The Kier molecular flexibility index (Phi) is 3.87. The summed E-state index contributed by atoms with van der Waals surface area (Å²) in [4.78, 5) is 9.12. The molecule has 0 radical (unpaired) electrons. The third-order valence-corrected chi connectivity index (χ3v) is 10.2. The molecule has 0 unspecified atom stereocenters. The van der Waals surface area contributed by atoms with Crippen LogP contribution in [0.25, 0.3) is 10.9 Å². The Bertz CT molecular complexity index is 938. The molecule has 2 heterocycles. The Hall–Kier alpha value is -1.32. The maximum atomic E-state index is 3.54. The van der Waals surface area contributed by atoms with Crippen molar-refractivity contribution in [1.29, 1.82) is 0 Å². The number of H-pyrrole nitrogens is 1. The van der Waals surface area contributed by atoms with Crippen molar-refractivity contribution in [3.63, 3.8) is 0 Å². The van der Waals surface area contributed by atoms with E-state index in [1.165, 1.54) is 56.3 Å². The largest absolute Gasteiger partial charge is 0.361 e. The summed E-state index contributed by atoms with van der Waals surface area (Å²) in [6, 6.07) is 7.63. The number of likely N-dealkylation sites (N-methyl/N-ethyl adjacent to an activating group) is 1. The molecule has 160 valence electrons. The number of hydrogen-bond acceptors (Lipinski definition) is 2. The molecule has 3 nitrogen and oxygen atoms in total. The summed E-state index contributed by atoms with van der Waals surface area (Å²) in [7, 11) is 4.89. The number of nitrogens with one attached hydrogen (secondary N) is 1. The van der Waals surface area contributed by atoms with Crippen LogP contribution in [-0.2, 0) is 6.42 Å². The Morgan fingerprint density at radius 3 is 2.53 bits per heavy atom. The first-order valence-corrected chi connectivity index (χ1v) is 12.6. The fourth-order valence-electron chi connectivity index (χ4n) is 9.30. The van der Waals surface area contributed by atoms with Crippen molar-refractivity contribution < 1.29 is 0 Å². The van der Waals surface area contributed by atoms with E-state index in [9.17, 15) is 0 Å². The molecule has 3 heteroatoms. The monoisotopic (exact) mass is 403 g/mol. The lowest BCUT2D eigenvalue weighted by Crippen LogP contribution is -2.60. The number of fused-ring (bicyclic) bond motifs is 2. The van der Waals surface area contributed by atoms with Gasteiger partial charge in [-0.05, 0) is 106 Å². The Balaban J connectivity index is 1.15. The third-order valence-electron chi connectivity index (χ3n) is 10.2. The Morgan fingerprint density at radius 1 is 1.07 bits per heavy atom. The van der Waals surface area contributed by atoms with E-state index in [0.29, 0.717) is 17.5 Å². The van der Waals surface area contributed by atoms with Crippen molar-refractivity contribution in [1.82, 2.24) is 14.8 Å². The van der Waals surface area contributed by atoms with E-state index in [1.54, 1.807) is 30.2 Å². The molecular formula is C27H37N3. The van der Waals surface area contributed by atoms with E-state index in [2.05, 4.69) is 53.3 Å². The van der Waals surface area contributed by atoms with Gasteiger partial charge < -0.3 is 14.8 Å². The van der Waals surface area contributed by atoms with Gasteiger partial charge in [0.05, 0.1) is 0 Å². The number of likely N-dealkylation sites (tertiary alicyclic amines) is 1. The van der Waals surface area contributed by atoms with Gasteiger partial charge in [-0.15, -0.1) is 0 Å². The minimum absolute atomic E-state index is 0.546. The van der Waals surface area contributed by atoms with Crippen LogP contribution in [0.1, 0.15) is 62.0 Å². The van der Waals surface area contributed by atoms with E-state index in [-0.39, 0.29) is 0 Å². The zero-order valence-corrected chi connectivity index (χ0v) is 18.7. The summed E-state index contributed by atoms with van der Waals surface area (Å²) < 4.78 is 0. The van der Waals surface area contributed by atoms with Gasteiger partial charge >= 0.3 is 0 Å². The molecule has 3 atom stereocenters. The Morgan fingerprint density at radius 2 is 1.80 bits per heavy atom. The molecule has 1 aromatic carbocycles. The molecule has 4 saturated carbocycles. The quantitative estimate of drug-likeness (QED) is 0.777. The van der Waals surface area contributed by atoms with Crippen LogP contribution in [0.15, 0.2) is 24.4 Å². The van der Waals surface area contributed by atoms with Gasteiger partial charge in [-0.2, -0.15) is 0 Å². The first-order valence-electron chi connectivity index (χ1n) is 12.6. The van der Waals surface area contributed by atoms with E-state index in [0.717, 1.165) is 23.7 Å². The number of hydrogen-bond donors (Lipinski definition) is 1. The van der Waals surface area contributed by atoms with E-state index >= 15 is 0 Å². The highest BCUT2D eigenvalue weighted by molar-refractivity contribution is 5.88. The lowest BCUT2D eigenvalue weighted by molar-refractivity contribution is -0.0866. The maximum Gasteiger partial charge on any atom is 0.0459 e. The molecule has 2 aromatic rings. The average Bonchev–Trinajstić information content (AvgIpc) is 3.12. The molecule has 4 bridgehead atoms. The van der Waals surface area contributed by atoms with Gasteiger partial charge in [-0.1, -0.05) is 12.1 Å². The summed E-state index contributed by atoms with van der Waals surface area (Å²) in [5, 5.41) is 1.54. The second-order valence-corrected chi connectivity index (χ2v) is 12.0. The predicted molar refractivity (Wildman–Crippen MR) is 123 cm³/mol. The van der Waals surface area contributed by atoms with Gasteiger partial charge in [0.15, 0.2) is 0 Å². The summed E-state index contributed by atoms with van der Waals surface area (Å²) in [6.07, 6.45) is 14.0. The highest BCUT2D eigenvalue weighted by Gasteiger charge is 2.53. The van der Waals surface area contributed by atoms with Crippen molar-refractivity contribution in [2.24, 2.45) is 23.7 Å². The third kappa shape index (κ3) is 2.57. The second kappa shape index (κ2) is 6.36. The minimum Gasteiger partial charge on any atom is -0.361 e. The van der Waals surface area contributed by atoms with Crippen LogP contribution in [0.5, 0.6) is 0 Å². The molecule has 5 fully saturated rings. The van der Waals surface area contributed by atoms with Crippen molar-refractivity contribution in [2.75, 3.05) is 27.2 Å². The van der Waals surface area contributed by atoms with E-state index < -0.39 is 0 Å². The molecule has 1 N–H and O–H groups in total. The molecule has 1 aromatic heterocycles. The summed E-state index contributed by atoms with van der Waals surface area (Å²) >= 11 is 0. The van der Waals surface area contributed by atoms with E-state index in [4.69, 9.17) is 0 Å². The molecular weight excluding hydrogens is 366 g/mol. The zero-order chi connectivity index (χ0) is 20.0. The molecule has 30 heavy (non-hydrogen) atoms. The topological polar surface area (TPSA) is 22.3 Å². The second-order valence-electron chi connectivity index (χ2n) is 12.0. The van der Waals surface area contributed by atoms with Gasteiger partial charge in [0.2, 0.25) is 0 Å². The number of piperidine rings is 1. The van der Waals surface area contributed by atoms with Crippen LogP contribution < -0.4 is 0 Å². The number of aromatic nitrogens is 1. The first-order chi connectivity index (χ1) is 14.6. The molecule has 1 aliphatic heterocycles. The normalized spacial score (nSPS) is 42.2. The van der Waals surface area contributed by atoms with Gasteiger partial charge in [0, 0.05) is 47.7 Å². The van der Waals surface area contributed by atoms with Gasteiger partial charge in [0.25, 0.3) is 0 Å². The lowest BCUT2D eigenvalue weighted by Gasteiger charge is -2.60. The number of rotatable bonds is 3. The van der Waals surface area contributed by atoms with Crippen molar-refractivity contribution >= 4 is 10.9 Å². The first kappa shape index (κ1) is 18.3. The molecule has 8 rings (SSSR count). The fourth-order valence-corrected chi connectivity index (χ4v) is 9.30. The molecule has 5 aliphatic carbocycles. The van der Waals surface area contributed by atoms with Gasteiger partial charge in [0.1, 0.15) is 0 Å². The van der Waals surface area contributed by atoms with E-state index in [1.807, 2.05) is 0 Å². The van der Waals surface area contributed by atoms with Gasteiger partial charge in [-0.3, -0.25) is 0 Å². The minimum atomic E-state index is 0.546. The average molecular weight is 404 g/mol. The highest BCUT2D eigenvalue weighted by atomic mass is 15.2. The van der Waals surface area contributed by atoms with Crippen LogP contribution in [-0.4, -0.2) is 53.5 Å². The van der Waals surface area contributed by atoms with Crippen LogP contribution in [0.4, 0.5) is 0 Å². The summed E-state index contributed by atoms with van der Waals surface area (Å²) in [5.41, 5.74) is 5.05. The lowest BCUT2D eigenvalue weighted by atomic mass is 9.52. The standard InChI is InChI=1S/C27H37N3/c1-29-15-20(16-30(2)27-11-17-6-18(12-27)8-19(7-17)13-27)9-23-22-4-3-5-24-26(22)21(14-28-24)10-25(23)29/h3-5,14,17-20,23,25,28H,6-13,15-16H2,1-2H3/t17?,18?,19?,20-,23-,25-,27?/m1/s1. The van der Waals surface area contributed by atoms with Crippen LogP contribution in [0.2, 0.25) is 0 Å². The van der Waals surface area contributed by atoms with Crippen LogP contribution in [0.3, 0.4) is 0 Å². The summed E-state index contributed by atoms with van der Waals surface area (Å²) in [5.74, 6) is 4.62. The highest BCUT2D eigenvalue weighted by Crippen LogP contribution is 2.57. The maximum absolute atomic E-state index is 3.54. The van der Waals surface area contributed by atoms with Crippen molar-refractivity contribution in [3.05, 3.63) is 35.5 Å². The molecule has 1 saturated heterocycles.